The predicted octanol–water partition coefficient (Wildman–Crippen LogP) is 0.747. The van der Waals surface area contributed by atoms with E-state index in [4.69, 9.17) is 10.5 Å². The SMILES string of the molecule is Cc1nc(C(NCC2CCCO2)C(N)=O)cs1. The Morgan fingerprint density at radius 1 is 1.82 bits per heavy atom. The summed E-state index contributed by atoms with van der Waals surface area (Å²) in [6.07, 6.45) is 2.31. The number of aryl methyl sites for hydroxylation is 1. The molecule has 0 aromatic carbocycles. The molecule has 1 aromatic rings. The van der Waals surface area contributed by atoms with Gasteiger partial charge in [-0.1, -0.05) is 0 Å². The van der Waals surface area contributed by atoms with Crippen LogP contribution in [0.2, 0.25) is 0 Å². The molecule has 1 aliphatic rings. The molecule has 1 amide bonds. The molecule has 1 saturated heterocycles. The molecule has 0 saturated carbocycles. The van der Waals surface area contributed by atoms with Crippen molar-refractivity contribution < 1.29 is 9.53 Å². The van der Waals surface area contributed by atoms with E-state index < -0.39 is 11.9 Å². The molecule has 0 bridgehead atoms. The third-order valence-electron chi connectivity index (χ3n) is 2.79. The number of hydrogen-bond acceptors (Lipinski definition) is 5. The average Bonchev–Trinajstić information content (AvgIpc) is 2.90. The van der Waals surface area contributed by atoms with Gasteiger partial charge in [-0.15, -0.1) is 11.3 Å². The highest BCUT2D eigenvalue weighted by Crippen LogP contribution is 2.17. The Morgan fingerprint density at radius 2 is 2.65 bits per heavy atom. The van der Waals surface area contributed by atoms with Crippen molar-refractivity contribution in [2.75, 3.05) is 13.2 Å². The number of rotatable bonds is 5. The summed E-state index contributed by atoms with van der Waals surface area (Å²) in [5.41, 5.74) is 6.09. The fourth-order valence-corrected chi connectivity index (χ4v) is 2.56. The minimum atomic E-state index is -0.510. The van der Waals surface area contributed by atoms with Gasteiger partial charge in [0, 0.05) is 18.5 Å². The number of aromatic nitrogens is 1. The smallest absolute Gasteiger partial charge is 0.240 e. The lowest BCUT2D eigenvalue weighted by molar-refractivity contribution is -0.120. The van der Waals surface area contributed by atoms with Gasteiger partial charge in [0.25, 0.3) is 0 Å². The van der Waals surface area contributed by atoms with E-state index in [2.05, 4.69) is 10.3 Å². The summed E-state index contributed by atoms with van der Waals surface area (Å²) in [4.78, 5) is 15.7. The lowest BCUT2D eigenvalue weighted by Crippen LogP contribution is -2.38. The summed E-state index contributed by atoms with van der Waals surface area (Å²) in [6.45, 7) is 3.36. The van der Waals surface area contributed by atoms with E-state index in [0.29, 0.717) is 12.2 Å². The number of amides is 1. The number of primary amides is 1. The first kappa shape index (κ1) is 12.5. The zero-order valence-corrected chi connectivity index (χ0v) is 10.6. The molecule has 17 heavy (non-hydrogen) atoms. The summed E-state index contributed by atoms with van der Waals surface area (Å²) in [6, 6.07) is -0.510. The minimum Gasteiger partial charge on any atom is -0.377 e. The Labute approximate surface area is 104 Å². The van der Waals surface area contributed by atoms with Crippen LogP contribution in [0.15, 0.2) is 5.38 Å². The molecule has 0 aliphatic carbocycles. The second-order valence-electron chi connectivity index (χ2n) is 4.17. The van der Waals surface area contributed by atoms with Crippen molar-refractivity contribution in [3.05, 3.63) is 16.1 Å². The Morgan fingerprint density at radius 3 is 3.18 bits per heavy atom. The largest absolute Gasteiger partial charge is 0.377 e. The molecular formula is C11H17N3O2S. The highest BCUT2D eigenvalue weighted by atomic mass is 32.1. The van der Waals surface area contributed by atoms with E-state index >= 15 is 0 Å². The highest BCUT2D eigenvalue weighted by molar-refractivity contribution is 7.09. The number of carbonyl (C=O) groups is 1. The lowest BCUT2D eigenvalue weighted by atomic mass is 10.2. The molecule has 2 atom stereocenters. The number of nitrogens with one attached hydrogen (secondary N) is 1. The van der Waals surface area contributed by atoms with Crippen LogP contribution in [-0.4, -0.2) is 30.1 Å². The summed E-state index contributed by atoms with van der Waals surface area (Å²) in [5, 5.41) is 5.94. The fraction of sp³-hybridized carbons (Fsp3) is 0.636. The van der Waals surface area contributed by atoms with E-state index in [1.54, 1.807) is 0 Å². The molecule has 6 heteroatoms. The molecular weight excluding hydrogens is 238 g/mol. The number of carbonyl (C=O) groups excluding carboxylic acids is 1. The van der Waals surface area contributed by atoms with Gasteiger partial charge in [-0.25, -0.2) is 4.98 Å². The maximum absolute atomic E-state index is 11.4. The monoisotopic (exact) mass is 255 g/mol. The van der Waals surface area contributed by atoms with Crippen LogP contribution in [0, 0.1) is 6.92 Å². The van der Waals surface area contributed by atoms with Gasteiger partial charge in [0.05, 0.1) is 16.8 Å². The zero-order valence-electron chi connectivity index (χ0n) is 9.81. The molecule has 0 spiro atoms. The van der Waals surface area contributed by atoms with Crippen molar-refractivity contribution in [1.82, 2.24) is 10.3 Å². The van der Waals surface area contributed by atoms with Gasteiger partial charge in [0.1, 0.15) is 6.04 Å². The Kier molecular flexibility index (Phi) is 4.09. The van der Waals surface area contributed by atoms with Gasteiger partial charge >= 0.3 is 0 Å². The van der Waals surface area contributed by atoms with Crippen LogP contribution in [-0.2, 0) is 9.53 Å². The number of ether oxygens (including phenoxy) is 1. The first-order chi connectivity index (χ1) is 8.16. The molecule has 1 fully saturated rings. The summed E-state index contributed by atoms with van der Waals surface area (Å²) in [7, 11) is 0. The molecule has 1 aliphatic heterocycles. The van der Waals surface area contributed by atoms with Crippen LogP contribution < -0.4 is 11.1 Å². The van der Waals surface area contributed by atoms with Crippen molar-refractivity contribution in [3.63, 3.8) is 0 Å². The maximum atomic E-state index is 11.4. The number of nitrogens with zero attached hydrogens (tertiary/aromatic N) is 1. The van der Waals surface area contributed by atoms with E-state index in [1.165, 1.54) is 11.3 Å². The van der Waals surface area contributed by atoms with Gasteiger partial charge in [-0.05, 0) is 19.8 Å². The van der Waals surface area contributed by atoms with Gasteiger partial charge in [0.2, 0.25) is 5.91 Å². The predicted molar refractivity (Wildman–Crippen MR) is 65.8 cm³/mol. The van der Waals surface area contributed by atoms with E-state index in [9.17, 15) is 4.79 Å². The molecule has 94 valence electrons. The summed E-state index contributed by atoms with van der Waals surface area (Å²) in [5.74, 6) is -0.395. The van der Waals surface area contributed by atoms with Crippen molar-refractivity contribution >= 4 is 17.2 Å². The van der Waals surface area contributed by atoms with Crippen molar-refractivity contribution in [3.8, 4) is 0 Å². The third kappa shape index (κ3) is 3.24. The van der Waals surface area contributed by atoms with Gasteiger partial charge in [-0.3, -0.25) is 10.1 Å². The second-order valence-corrected chi connectivity index (χ2v) is 5.23. The third-order valence-corrected chi connectivity index (χ3v) is 3.58. The minimum absolute atomic E-state index is 0.191. The molecule has 2 heterocycles. The average molecular weight is 255 g/mol. The normalized spacial score (nSPS) is 21.6. The van der Waals surface area contributed by atoms with Crippen molar-refractivity contribution in [1.29, 1.82) is 0 Å². The first-order valence-electron chi connectivity index (χ1n) is 5.73. The van der Waals surface area contributed by atoms with E-state index in [1.807, 2.05) is 12.3 Å². The summed E-state index contributed by atoms with van der Waals surface area (Å²) < 4.78 is 5.49. The number of thiazole rings is 1. The highest BCUT2D eigenvalue weighted by Gasteiger charge is 2.23. The number of hydrogen-bond donors (Lipinski definition) is 2. The fourth-order valence-electron chi connectivity index (χ4n) is 1.92. The van der Waals surface area contributed by atoms with Crippen LogP contribution in [0.25, 0.3) is 0 Å². The topological polar surface area (TPSA) is 77.2 Å². The number of nitrogens with two attached hydrogens (primary N) is 1. The van der Waals surface area contributed by atoms with Gasteiger partial charge < -0.3 is 10.5 Å². The van der Waals surface area contributed by atoms with Gasteiger partial charge in [-0.2, -0.15) is 0 Å². The Bertz CT molecular complexity index is 388. The van der Waals surface area contributed by atoms with E-state index in [-0.39, 0.29) is 6.10 Å². The van der Waals surface area contributed by atoms with Crippen molar-refractivity contribution in [2.24, 2.45) is 5.73 Å². The maximum Gasteiger partial charge on any atom is 0.240 e. The van der Waals surface area contributed by atoms with Crippen LogP contribution in [0.3, 0.4) is 0 Å². The Balaban J connectivity index is 1.95. The lowest BCUT2D eigenvalue weighted by Gasteiger charge is -2.16. The van der Waals surface area contributed by atoms with Gasteiger partial charge in [0.15, 0.2) is 0 Å². The van der Waals surface area contributed by atoms with Crippen molar-refractivity contribution in [2.45, 2.75) is 31.9 Å². The zero-order chi connectivity index (χ0) is 12.3. The van der Waals surface area contributed by atoms with Crippen LogP contribution >= 0.6 is 11.3 Å². The molecule has 3 N–H and O–H groups in total. The first-order valence-corrected chi connectivity index (χ1v) is 6.61. The summed E-state index contributed by atoms with van der Waals surface area (Å²) >= 11 is 1.52. The second kappa shape index (κ2) is 5.57. The molecule has 2 rings (SSSR count). The van der Waals surface area contributed by atoms with E-state index in [0.717, 1.165) is 24.5 Å². The molecule has 5 nitrogen and oxygen atoms in total. The molecule has 0 radical (unpaired) electrons. The van der Waals surface area contributed by atoms with Crippen LogP contribution in [0.4, 0.5) is 0 Å². The van der Waals surface area contributed by atoms with Crippen LogP contribution in [0.1, 0.15) is 29.6 Å². The molecule has 2 unspecified atom stereocenters. The Hall–Kier alpha value is -0.980. The van der Waals surface area contributed by atoms with Crippen LogP contribution in [0.5, 0.6) is 0 Å². The standard InChI is InChI=1S/C11H17N3O2S/c1-7-14-9(6-17-7)10(11(12)15)13-5-8-3-2-4-16-8/h6,8,10,13H,2-5H2,1H3,(H2,12,15). The quantitative estimate of drug-likeness (QED) is 0.814. The molecule has 1 aromatic heterocycles.